The Kier molecular flexibility index (Phi) is 4.79. The number of imidazole rings is 1. The highest BCUT2D eigenvalue weighted by Gasteiger charge is 2.24. The number of hydrogen-bond acceptors (Lipinski definition) is 4. The second-order valence-corrected chi connectivity index (χ2v) is 8.13. The highest BCUT2D eigenvalue weighted by molar-refractivity contribution is 6.30. The van der Waals surface area contributed by atoms with Gasteiger partial charge in [-0.05, 0) is 36.5 Å². The maximum Gasteiger partial charge on any atom is 0.332 e. The molecule has 1 aliphatic rings. The van der Waals surface area contributed by atoms with Crippen molar-refractivity contribution in [3.8, 4) is 0 Å². The fourth-order valence-electron chi connectivity index (χ4n) is 4.00. The van der Waals surface area contributed by atoms with Gasteiger partial charge >= 0.3 is 5.69 Å². The van der Waals surface area contributed by atoms with Gasteiger partial charge in [0.05, 0.1) is 6.54 Å². The van der Waals surface area contributed by atoms with Gasteiger partial charge in [-0.15, -0.1) is 0 Å². The summed E-state index contributed by atoms with van der Waals surface area (Å²) >= 11 is 5.94. The van der Waals surface area contributed by atoms with Crippen LogP contribution in [0, 0.1) is 5.92 Å². The van der Waals surface area contributed by atoms with E-state index in [4.69, 9.17) is 11.6 Å². The monoisotopic (exact) mass is 401 g/mol. The number of hydrogen-bond donors (Lipinski definition) is 0. The lowest BCUT2D eigenvalue weighted by Crippen LogP contribution is -2.40. The first-order valence-electron chi connectivity index (χ1n) is 9.52. The number of aromatic nitrogens is 4. The molecule has 4 rings (SSSR count). The number of aryl methyl sites for hydroxylation is 2. The number of piperidine rings is 1. The van der Waals surface area contributed by atoms with Crippen molar-refractivity contribution in [2.75, 3.05) is 18.0 Å². The normalized spacial score (nSPS) is 17.4. The van der Waals surface area contributed by atoms with Crippen LogP contribution in [0.4, 0.5) is 5.95 Å². The number of anilines is 1. The summed E-state index contributed by atoms with van der Waals surface area (Å²) in [4.78, 5) is 32.9. The second kappa shape index (κ2) is 7.13. The fourth-order valence-corrected chi connectivity index (χ4v) is 4.12. The Labute approximate surface area is 167 Å². The zero-order chi connectivity index (χ0) is 20.0. The lowest BCUT2D eigenvalue weighted by atomic mass is 10.0. The van der Waals surface area contributed by atoms with Gasteiger partial charge in [-0.2, -0.15) is 4.98 Å². The number of halogens is 1. The summed E-state index contributed by atoms with van der Waals surface area (Å²) in [5.74, 6) is 1.33. The zero-order valence-electron chi connectivity index (χ0n) is 16.4. The lowest BCUT2D eigenvalue weighted by Gasteiger charge is -2.31. The molecule has 0 aliphatic carbocycles. The summed E-state index contributed by atoms with van der Waals surface area (Å²) in [6.07, 6.45) is 2.30. The quantitative estimate of drug-likeness (QED) is 0.675. The molecule has 7 nitrogen and oxygen atoms in total. The average Bonchev–Trinajstić information content (AvgIpc) is 3.02. The largest absolute Gasteiger partial charge is 0.342 e. The second-order valence-electron chi connectivity index (χ2n) is 7.70. The summed E-state index contributed by atoms with van der Waals surface area (Å²) in [6, 6.07) is 7.15. The maximum absolute atomic E-state index is 13.2. The summed E-state index contributed by atoms with van der Waals surface area (Å²) in [6.45, 7) is 4.24. The molecular formula is C20H24ClN5O2. The SMILES string of the molecule is C[C@@H]1CCCN(c2nc3c(c(=O)n(Cc4ccc(Cl)cc4)c(=O)n3C)n2C)C1. The first-order chi connectivity index (χ1) is 13.4. The molecule has 0 amide bonds. The van der Waals surface area contributed by atoms with Crippen molar-refractivity contribution in [2.24, 2.45) is 20.0 Å². The minimum atomic E-state index is -0.371. The van der Waals surface area contributed by atoms with E-state index in [2.05, 4.69) is 16.8 Å². The first kappa shape index (κ1) is 18.8. The van der Waals surface area contributed by atoms with Crippen LogP contribution in [0.5, 0.6) is 0 Å². The van der Waals surface area contributed by atoms with Crippen molar-refractivity contribution in [1.29, 1.82) is 0 Å². The number of fused-ring (bicyclic) bond motifs is 1. The number of nitrogens with zero attached hydrogens (tertiary/aromatic N) is 5. The van der Waals surface area contributed by atoms with Crippen LogP contribution < -0.4 is 16.1 Å². The maximum atomic E-state index is 13.2. The lowest BCUT2D eigenvalue weighted by molar-refractivity contribution is 0.440. The van der Waals surface area contributed by atoms with E-state index in [1.165, 1.54) is 15.6 Å². The molecule has 0 bridgehead atoms. The van der Waals surface area contributed by atoms with E-state index in [1.54, 1.807) is 19.2 Å². The molecule has 1 aromatic carbocycles. The van der Waals surface area contributed by atoms with Gasteiger partial charge in [0.1, 0.15) is 0 Å². The van der Waals surface area contributed by atoms with Crippen molar-refractivity contribution < 1.29 is 0 Å². The molecular weight excluding hydrogens is 378 g/mol. The Morgan fingerprint density at radius 1 is 1.14 bits per heavy atom. The Hall–Kier alpha value is -2.54. The van der Waals surface area contributed by atoms with Crippen molar-refractivity contribution >= 4 is 28.7 Å². The van der Waals surface area contributed by atoms with Gasteiger partial charge in [-0.3, -0.25) is 13.9 Å². The third kappa shape index (κ3) is 3.13. The van der Waals surface area contributed by atoms with E-state index in [1.807, 2.05) is 23.7 Å². The van der Waals surface area contributed by atoms with Crippen molar-refractivity contribution in [1.82, 2.24) is 18.7 Å². The van der Waals surface area contributed by atoms with E-state index in [-0.39, 0.29) is 17.8 Å². The molecule has 1 saturated heterocycles. The highest BCUT2D eigenvalue weighted by Crippen LogP contribution is 2.24. The van der Waals surface area contributed by atoms with Crippen LogP contribution in [0.1, 0.15) is 25.3 Å². The van der Waals surface area contributed by atoms with E-state index < -0.39 is 0 Å². The molecule has 8 heteroatoms. The summed E-state index contributed by atoms with van der Waals surface area (Å²) < 4.78 is 4.55. The summed E-state index contributed by atoms with van der Waals surface area (Å²) in [5.41, 5.74) is 1.03. The van der Waals surface area contributed by atoms with Crippen molar-refractivity contribution in [3.05, 3.63) is 55.7 Å². The molecule has 148 valence electrons. The summed E-state index contributed by atoms with van der Waals surface area (Å²) in [7, 11) is 3.51. The predicted molar refractivity (Wildman–Crippen MR) is 111 cm³/mol. The van der Waals surface area contributed by atoms with Crippen LogP contribution in [0.25, 0.3) is 11.2 Å². The van der Waals surface area contributed by atoms with Crippen LogP contribution >= 0.6 is 11.6 Å². The molecule has 0 N–H and O–H groups in total. The van der Waals surface area contributed by atoms with Gasteiger partial charge in [0.25, 0.3) is 5.56 Å². The van der Waals surface area contributed by atoms with Crippen LogP contribution in [0.3, 0.4) is 0 Å². The fraction of sp³-hybridized carbons (Fsp3) is 0.450. The van der Waals surface area contributed by atoms with Crippen LogP contribution in [0.15, 0.2) is 33.9 Å². The van der Waals surface area contributed by atoms with Gasteiger partial charge in [0.15, 0.2) is 11.2 Å². The van der Waals surface area contributed by atoms with Gasteiger partial charge < -0.3 is 9.47 Å². The third-order valence-electron chi connectivity index (χ3n) is 5.53. The standard InChI is InChI=1S/C20H24ClN5O2/c1-13-5-4-10-25(11-13)19-22-17-16(23(19)2)18(27)26(20(28)24(17)3)12-14-6-8-15(21)9-7-14/h6-9,13H,4-5,10-12H2,1-3H3/t13-/m1/s1. The summed E-state index contributed by atoms with van der Waals surface area (Å²) in [5, 5.41) is 0.617. The highest BCUT2D eigenvalue weighted by atomic mass is 35.5. The van der Waals surface area contributed by atoms with Crippen LogP contribution in [0.2, 0.25) is 5.02 Å². The van der Waals surface area contributed by atoms with Crippen molar-refractivity contribution in [2.45, 2.75) is 26.3 Å². The van der Waals surface area contributed by atoms with Crippen molar-refractivity contribution in [3.63, 3.8) is 0 Å². The van der Waals surface area contributed by atoms with Gasteiger partial charge in [-0.25, -0.2) is 4.79 Å². The Morgan fingerprint density at radius 2 is 1.86 bits per heavy atom. The minimum Gasteiger partial charge on any atom is -0.342 e. The Bertz CT molecular complexity index is 1140. The molecule has 2 aromatic heterocycles. The molecule has 28 heavy (non-hydrogen) atoms. The molecule has 0 spiro atoms. The molecule has 0 unspecified atom stereocenters. The van der Waals surface area contributed by atoms with E-state index in [0.717, 1.165) is 31.0 Å². The molecule has 3 aromatic rings. The topological polar surface area (TPSA) is 65.1 Å². The number of rotatable bonds is 3. The molecule has 1 aliphatic heterocycles. The first-order valence-corrected chi connectivity index (χ1v) is 9.90. The van der Waals surface area contributed by atoms with Crippen LogP contribution in [-0.2, 0) is 20.6 Å². The van der Waals surface area contributed by atoms with E-state index >= 15 is 0 Å². The Morgan fingerprint density at radius 3 is 2.54 bits per heavy atom. The Balaban J connectivity index is 1.85. The molecule has 1 atom stereocenters. The third-order valence-corrected chi connectivity index (χ3v) is 5.78. The van der Waals surface area contributed by atoms with E-state index in [0.29, 0.717) is 22.1 Å². The molecule has 0 saturated carbocycles. The zero-order valence-corrected chi connectivity index (χ0v) is 17.1. The van der Waals surface area contributed by atoms with E-state index in [9.17, 15) is 9.59 Å². The van der Waals surface area contributed by atoms with Gasteiger partial charge in [-0.1, -0.05) is 30.7 Å². The minimum absolute atomic E-state index is 0.194. The van der Waals surface area contributed by atoms with Gasteiger partial charge in [0, 0.05) is 32.2 Å². The average molecular weight is 402 g/mol. The molecule has 1 fully saturated rings. The smallest absolute Gasteiger partial charge is 0.332 e. The molecule has 3 heterocycles. The van der Waals surface area contributed by atoms with Gasteiger partial charge in [0.2, 0.25) is 5.95 Å². The van der Waals surface area contributed by atoms with Crippen LogP contribution in [-0.4, -0.2) is 31.8 Å². The number of benzene rings is 1. The predicted octanol–water partition coefficient (Wildman–Crippen LogP) is 2.37. The molecule has 0 radical (unpaired) electrons.